The van der Waals surface area contributed by atoms with E-state index < -0.39 is 55.4 Å². The van der Waals surface area contributed by atoms with Crippen LogP contribution in [-0.2, 0) is 28.5 Å². The Morgan fingerprint density at radius 2 is 1.24 bits per heavy atom. The molecule has 218 valence electrons. The molecule has 1 aliphatic heterocycles. The Labute approximate surface area is 221 Å². The lowest BCUT2D eigenvalue weighted by Gasteiger charge is -2.40. The van der Waals surface area contributed by atoms with E-state index >= 15 is 0 Å². The minimum atomic E-state index is -1.62. The number of aliphatic hydroxyl groups excluding tert-OH is 4. The number of carbonyl (C=O) groups is 2. The van der Waals surface area contributed by atoms with E-state index in [1.165, 1.54) is 12.8 Å². The third-order valence-electron chi connectivity index (χ3n) is 6.51. The van der Waals surface area contributed by atoms with Gasteiger partial charge in [0.1, 0.15) is 43.7 Å². The molecule has 1 aliphatic rings. The second-order valence-electron chi connectivity index (χ2n) is 9.86. The second-order valence-corrected chi connectivity index (χ2v) is 9.86. The van der Waals surface area contributed by atoms with Gasteiger partial charge in [-0.1, -0.05) is 78.1 Å². The quantitative estimate of drug-likeness (QED) is 0.128. The van der Waals surface area contributed by atoms with Gasteiger partial charge >= 0.3 is 11.9 Å². The average Bonchev–Trinajstić information content (AvgIpc) is 2.89. The van der Waals surface area contributed by atoms with E-state index in [4.69, 9.17) is 18.9 Å². The van der Waals surface area contributed by atoms with Crippen LogP contribution in [0.5, 0.6) is 0 Å². The van der Waals surface area contributed by atoms with Gasteiger partial charge in [-0.2, -0.15) is 0 Å². The summed E-state index contributed by atoms with van der Waals surface area (Å²) in [7, 11) is 0. The Kier molecular flexibility index (Phi) is 18.8. The third-order valence-corrected chi connectivity index (χ3v) is 6.51. The Balaban J connectivity index is 2.41. The second kappa shape index (κ2) is 20.6. The molecule has 0 aromatic carbocycles. The SMILES string of the molecule is CCCCCCCCC(=O)OC[C@H](CO)O[C@@H]1O[C@H](COC(=O)CCCCCCCC)[C@H](O)[C@H](O)[C@H]1O. The molecule has 1 rings (SSSR count). The van der Waals surface area contributed by atoms with Crippen LogP contribution in [0.1, 0.15) is 104 Å². The molecule has 0 radical (unpaired) electrons. The van der Waals surface area contributed by atoms with Crippen LogP contribution in [0.4, 0.5) is 0 Å². The zero-order valence-electron chi connectivity index (χ0n) is 22.7. The van der Waals surface area contributed by atoms with Crippen molar-refractivity contribution in [3.63, 3.8) is 0 Å². The van der Waals surface area contributed by atoms with Crippen LogP contribution >= 0.6 is 0 Å². The zero-order chi connectivity index (χ0) is 27.5. The van der Waals surface area contributed by atoms with Crippen molar-refractivity contribution in [2.45, 2.75) is 141 Å². The van der Waals surface area contributed by atoms with Crippen LogP contribution in [0.15, 0.2) is 0 Å². The highest BCUT2D eigenvalue weighted by Crippen LogP contribution is 2.24. The molecule has 0 saturated carbocycles. The summed E-state index contributed by atoms with van der Waals surface area (Å²) in [5, 5.41) is 40.4. The van der Waals surface area contributed by atoms with Crippen molar-refractivity contribution in [1.82, 2.24) is 0 Å². The van der Waals surface area contributed by atoms with Crippen LogP contribution in [0.25, 0.3) is 0 Å². The normalized spacial score (nSPS) is 24.5. The number of hydrogen-bond acceptors (Lipinski definition) is 10. The summed E-state index contributed by atoms with van der Waals surface area (Å²) in [5.74, 6) is -0.844. The molecule has 1 fully saturated rings. The van der Waals surface area contributed by atoms with E-state index in [9.17, 15) is 30.0 Å². The summed E-state index contributed by atoms with van der Waals surface area (Å²) in [6.45, 7) is 3.18. The molecule has 1 saturated heterocycles. The maximum absolute atomic E-state index is 12.0. The van der Waals surface area contributed by atoms with Crippen LogP contribution in [0, 0.1) is 0 Å². The molecule has 1 heterocycles. The molecule has 10 heteroatoms. The summed E-state index contributed by atoms with van der Waals surface area (Å²) < 4.78 is 21.4. The lowest BCUT2D eigenvalue weighted by atomic mass is 9.99. The van der Waals surface area contributed by atoms with Gasteiger partial charge in [-0.15, -0.1) is 0 Å². The van der Waals surface area contributed by atoms with Crippen molar-refractivity contribution in [3.05, 3.63) is 0 Å². The first kappa shape index (κ1) is 33.7. The molecule has 37 heavy (non-hydrogen) atoms. The molecule has 0 spiro atoms. The van der Waals surface area contributed by atoms with E-state index in [1.807, 2.05) is 0 Å². The highest BCUT2D eigenvalue weighted by Gasteiger charge is 2.45. The highest BCUT2D eigenvalue weighted by atomic mass is 16.7. The molecular weight excluding hydrogens is 484 g/mol. The van der Waals surface area contributed by atoms with Crippen molar-refractivity contribution in [1.29, 1.82) is 0 Å². The van der Waals surface area contributed by atoms with Crippen molar-refractivity contribution in [3.8, 4) is 0 Å². The largest absolute Gasteiger partial charge is 0.463 e. The standard InChI is InChI=1S/C27H50O10/c1-3-5-7-9-11-13-15-22(29)34-18-20(17-28)36-27-26(33)25(32)24(31)21(37-27)19-35-23(30)16-14-12-10-8-6-4-2/h20-21,24-28,31-33H,3-19H2,1-2H3/t20-,21+,24-,25-,26+,27+/m0/s1. The summed E-state index contributed by atoms with van der Waals surface area (Å²) in [6.07, 6.45) is 4.64. The van der Waals surface area contributed by atoms with E-state index in [0.717, 1.165) is 57.8 Å². The Bertz CT molecular complexity index is 600. The van der Waals surface area contributed by atoms with E-state index in [1.54, 1.807) is 0 Å². The van der Waals surface area contributed by atoms with E-state index in [0.29, 0.717) is 6.42 Å². The fourth-order valence-electron chi connectivity index (χ4n) is 4.10. The molecule has 0 unspecified atom stereocenters. The van der Waals surface area contributed by atoms with Crippen molar-refractivity contribution >= 4 is 11.9 Å². The number of esters is 2. The Morgan fingerprint density at radius 1 is 0.730 bits per heavy atom. The first-order valence-corrected chi connectivity index (χ1v) is 14.1. The van der Waals surface area contributed by atoms with Crippen molar-refractivity contribution < 1.29 is 49.0 Å². The molecule has 0 amide bonds. The Hall–Kier alpha value is -1.30. The van der Waals surface area contributed by atoms with Gasteiger partial charge in [0.15, 0.2) is 6.29 Å². The topological polar surface area (TPSA) is 152 Å². The van der Waals surface area contributed by atoms with Crippen LogP contribution in [0.3, 0.4) is 0 Å². The Morgan fingerprint density at radius 3 is 1.78 bits per heavy atom. The van der Waals surface area contributed by atoms with E-state index in [-0.39, 0.29) is 26.1 Å². The minimum Gasteiger partial charge on any atom is -0.463 e. The van der Waals surface area contributed by atoms with Gasteiger partial charge in [-0.05, 0) is 12.8 Å². The predicted octanol–water partition coefficient (Wildman–Crippen LogP) is 2.76. The maximum Gasteiger partial charge on any atom is 0.305 e. The molecular formula is C27H50O10. The highest BCUT2D eigenvalue weighted by molar-refractivity contribution is 5.69. The van der Waals surface area contributed by atoms with Gasteiger partial charge in [0, 0.05) is 12.8 Å². The smallest absolute Gasteiger partial charge is 0.305 e. The monoisotopic (exact) mass is 534 g/mol. The summed E-state index contributed by atoms with van der Waals surface area (Å²) >= 11 is 0. The third kappa shape index (κ3) is 14.4. The summed E-state index contributed by atoms with van der Waals surface area (Å²) in [6, 6.07) is 0. The average molecular weight is 535 g/mol. The van der Waals surface area contributed by atoms with Gasteiger partial charge in [-0.3, -0.25) is 9.59 Å². The summed E-state index contributed by atoms with van der Waals surface area (Å²) in [5.41, 5.74) is 0. The number of aliphatic hydroxyl groups is 4. The fourth-order valence-corrected chi connectivity index (χ4v) is 4.10. The first-order valence-electron chi connectivity index (χ1n) is 14.1. The van der Waals surface area contributed by atoms with Crippen LogP contribution < -0.4 is 0 Å². The number of unbranched alkanes of at least 4 members (excludes halogenated alkanes) is 10. The van der Waals surface area contributed by atoms with Gasteiger partial charge in [-0.25, -0.2) is 0 Å². The van der Waals surface area contributed by atoms with Crippen LogP contribution in [0.2, 0.25) is 0 Å². The zero-order valence-corrected chi connectivity index (χ0v) is 22.7. The number of carbonyl (C=O) groups excluding carboxylic acids is 2. The van der Waals surface area contributed by atoms with Crippen LogP contribution in [-0.4, -0.2) is 89.0 Å². The number of hydrogen-bond donors (Lipinski definition) is 4. The summed E-state index contributed by atoms with van der Waals surface area (Å²) in [4.78, 5) is 24.0. The minimum absolute atomic E-state index is 0.247. The lowest BCUT2D eigenvalue weighted by Crippen LogP contribution is -2.60. The molecule has 0 aliphatic carbocycles. The van der Waals surface area contributed by atoms with Gasteiger partial charge in [0.2, 0.25) is 0 Å². The van der Waals surface area contributed by atoms with Crippen molar-refractivity contribution in [2.24, 2.45) is 0 Å². The first-order chi connectivity index (χ1) is 17.8. The molecule has 0 aromatic rings. The molecule has 0 aromatic heterocycles. The number of rotatable bonds is 21. The van der Waals surface area contributed by atoms with Gasteiger partial charge < -0.3 is 39.4 Å². The van der Waals surface area contributed by atoms with E-state index in [2.05, 4.69) is 13.8 Å². The molecule has 10 nitrogen and oxygen atoms in total. The number of ether oxygens (including phenoxy) is 4. The molecule has 4 N–H and O–H groups in total. The predicted molar refractivity (Wildman–Crippen MR) is 137 cm³/mol. The molecule has 6 atom stereocenters. The molecule has 0 bridgehead atoms. The van der Waals surface area contributed by atoms with Crippen molar-refractivity contribution in [2.75, 3.05) is 19.8 Å². The lowest BCUT2D eigenvalue weighted by molar-refractivity contribution is -0.315. The van der Waals surface area contributed by atoms with Gasteiger partial charge in [0.25, 0.3) is 0 Å². The van der Waals surface area contributed by atoms with Gasteiger partial charge in [0.05, 0.1) is 6.61 Å². The maximum atomic E-state index is 12.0. The fraction of sp³-hybridized carbons (Fsp3) is 0.926.